The first kappa shape index (κ1) is 11.1. The van der Waals surface area contributed by atoms with Gasteiger partial charge in [0.1, 0.15) is 11.9 Å². The molecule has 2 aliphatic rings. The Morgan fingerprint density at radius 1 is 1.41 bits per heavy atom. The van der Waals surface area contributed by atoms with Crippen LogP contribution < -0.4 is 5.32 Å². The van der Waals surface area contributed by atoms with Crippen molar-refractivity contribution in [3.05, 3.63) is 11.6 Å². The van der Waals surface area contributed by atoms with Gasteiger partial charge in [-0.3, -0.25) is 4.90 Å². The Bertz CT molecular complexity index is 383. The van der Waals surface area contributed by atoms with Gasteiger partial charge in [-0.2, -0.15) is 5.10 Å². The van der Waals surface area contributed by atoms with Gasteiger partial charge in [0.2, 0.25) is 0 Å². The molecule has 6 heteroatoms. The molecule has 17 heavy (non-hydrogen) atoms. The van der Waals surface area contributed by atoms with E-state index < -0.39 is 0 Å². The summed E-state index contributed by atoms with van der Waals surface area (Å²) in [6.07, 6.45) is 1.08. The van der Waals surface area contributed by atoms with E-state index in [0.717, 1.165) is 57.4 Å². The molecule has 1 fully saturated rings. The van der Waals surface area contributed by atoms with Gasteiger partial charge in [0, 0.05) is 19.7 Å². The first-order valence-electron chi connectivity index (χ1n) is 6.27. The van der Waals surface area contributed by atoms with E-state index in [1.807, 2.05) is 4.68 Å². The normalized spacial score (nSPS) is 26.5. The van der Waals surface area contributed by atoms with Gasteiger partial charge in [-0.05, 0) is 20.0 Å². The van der Waals surface area contributed by atoms with Crippen LogP contribution in [0.25, 0.3) is 0 Å². The van der Waals surface area contributed by atoms with Gasteiger partial charge in [0.05, 0.1) is 13.1 Å². The highest BCUT2D eigenvalue weighted by Crippen LogP contribution is 2.17. The Balaban J connectivity index is 1.79. The SMILES string of the molecule is CN1CCn2nc(C3CNCCCO3)nc2C1. The summed E-state index contributed by atoms with van der Waals surface area (Å²) in [5, 5.41) is 7.92. The second kappa shape index (κ2) is 4.72. The van der Waals surface area contributed by atoms with Crippen LogP contribution in [0.2, 0.25) is 0 Å². The molecule has 2 aliphatic heterocycles. The number of hydrogen-bond acceptors (Lipinski definition) is 5. The Morgan fingerprint density at radius 3 is 3.29 bits per heavy atom. The summed E-state index contributed by atoms with van der Waals surface area (Å²) < 4.78 is 7.80. The number of likely N-dealkylation sites (N-methyl/N-ethyl adjacent to an activating group) is 1. The van der Waals surface area contributed by atoms with E-state index in [9.17, 15) is 0 Å². The Kier molecular flexibility index (Phi) is 3.09. The molecular weight excluding hydrogens is 218 g/mol. The minimum Gasteiger partial charge on any atom is -0.369 e. The van der Waals surface area contributed by atoms with Crippen molar-refractivity contribution in [1.82, 2.24) is 25.0 Å². The molecule has 1 aromatic rings. The number of rotatable bonds is 1. The minimum atomic E-state index is 0.0147. The van der Waals surface area contributed by atoms with Crippen LogP contribution in [0.3, 0.4) is 0 Å². The molecule has 0 aromatic carbocycles. The number of nitrogens with zero attached hydrogens (tertiary/aromatic N) is 4. The van der Waals surface area contributed by atoms with Crippen LogP contribution in [-0.2, 0) is 17.8 Å². The first-order chi connectivity index (χ1) is 8.33. The van der Waals surface area contributed by atoms with Crippen LogP contribution in [0.4, 0.5) is 0 Å². The Morgan fingerprint density at radius 2 is 2.35 bits per heavy atom. The summed E-state index contributed by atoms with van der Waals surface area (Å²) in [5.74, 6) is 1.89. The molecule has 3 heterocycles. The maximum absolute atomic E-state index is 5.78. The Labute approximate surface area is 101 Å². The van der Waals surface area contributed by atoms with Crippen LogP contribution in [-0.4, -0.2) is 53.0 Å². The van der Waals surface area contributed by atoms with Gasteiger partial charge >= 0.3 is 0 Å². The van der Waals surface area contributed by atoms with E-state index in [4.69, 9.17) is 4.74 Å². The molecule has 1 saturated heterocycles. The van der Waals surface area contributed by atoms with Crippen molar-refractivity contribution < 1.29 is 4.74 Å². The molecule has 0 amide bonds. The standard InChI is InChI=1S/C11H19N5O/c1-15-4-5-16-10(8-15)13-11(14-16)9-7-12-3-2-6-17-9/h9,12H,2-8H2,1H3. The number of nitrogens with one attached hydrogen (secondary N) is 1. The third-order valence-corrected chi connectivity index (χ3v) is 3.30. The van der Waals surface area contributed by atoms with E-state index in [2.05, 4.69) is 27.3 Å². The number of fused-ring (bicyclic) bond motifs is 1. The van der Waals surface area contributed by atoms with Gasteiger partial charge in [-0.25, -0.2) is 9.67 Å². The summed E-state index contributed by atoms with van der Waals surface area (Å²) >= 11 is 0. The first-order valence-corrected chi connectivity index (χ1v) is 6.27. The maximum Gasteiger partial charge on any atom is 0.181 e. The van der Waals surface area contributed by atoms with E-state index in [0.29, 0.717) is 0 Å². The van der Waals surface area contributed by atoms with Crippen molar-refractivity contribution in [1.29, 1.82) is 0 Å². The fraction of sp³-hybridized carbons (Fsp3) is 0.818. The fourth-order valence-electron chi connectivity index (χ4n) is 2.29. The second-order valence-corrected chi connectivity index (χ2v) is 4.76. The van der Waals surface area contributed by atoms with E-state index in [-0.39, 0.29) is 6.10 Å². The van der Waals surface area contributed by atoms with Crippen molar-refractivity contribution in [2.45, 2.75) is 25.6 Å². The molecule has 1 aromatic heterocycles. The van der Waals surface area contributed by atoms with Gasteiger partial charge in [0.25, 0.3) is 0 Å². The predicted molar refractivity (Wildman–Crippen MR) is 62.5 cm³/mol. The molecule has 94 valence electrons. The predicted octanol–water partition coefficient (Wildman–Crippen LogP) is -0.225. The lowest BCUT2D eigenvalue weighted by atomic mass is 10.3. The number of ether oxygens (including phenoxy) is 1. The maximum atomic E-state index is 5.78. The average molecular weight is 237 g/mol. The van der Waals surface area contributed by atoms with Crippen LogP contribution in [0.5, 0.6) is 0 Å². The lowest BCUT2D eigenvalue weighted by molar-refractivity contribution is 0.0606. The van der Waals surface area contributed by atoms with Crippen LogP contribution >= 0.6 is 0 Å². The van der Waals surface area contributed by atoms with Crippen molar-refractivity contribution in [2.24, 2.45) is 0 Å². The monoisotopic (exact) mass is 237 g/mol. The molecule has 1 atom stereocenters. The van der Waals surface area contributed by atoms with Crippen molar-refractivity contribution in [3.63, 3.8) is 0 Å². The molecule has 0 bridgehead atoms. The van der Waals surface area contributed by atoms with Crippen molar-refractivity contribution in [3.8, 4) is 0 Å². The molecule has 3 rings (SSSR count). The molecule has 6 nitrogen and oxygen atoms in total. The fourth-order valence-corrected chi connectivity index (χ4v) is 2.29. The molecular formula is C11H19N5O. The lowest BCUT2D eigenvalue weighted by Crippen LogP contribution is -2.30. The van der Waals surface area contributed by atoms with Gasteiger partial charge in [-0.1, -0.05) is 0 Å². The third kappa shape index (κ3) is 2.34. The number of hydrogen-bond donors (Lipinski definition) is 1. The van der Waals surface area contributed by atoms with Gasteiger partial charge in [0.15, 0.2) is 5.82 Å². The Hall–Kier alpha value is -0.980. The quantitative estimate of drug-likeness (QED) is 0.731. The van der Waals surface area contributed by atoms with Crippen molar-refractivity contribution in [2.75, 3.05) is 33.3 Å². The molecule has 0 saturated carbocycles. The largest absolute Gasteiger partial charge is 0.369 e. The summed E-state index contributed by atoms with van der Waals surface area (Å²) in [7, 11) is 2.11. The molecule has 1 N–H and O–H groups in total. The van der Waals surface area contributed by atoms with Crippen LogP contribution in [0, 0.1) is 0 Å². The summed E-state index contributed by atoms with van der Waals surface area (Å²) in [6.45, 7) is 5.49. The molecule has 0 radical (unpaired) electrons. The minimum absolute atomic E-state index is 0.0147. The topological polar surface area (TPSA) is 55.2 Å². The summed E-state index contributed by atoms with van der Waals surface area (Å²) in [4.78, 5) is 6.88. The van der Waals surface area contributed by atoms with Gasteiger partial charge < -0.3 is 10.1 Å². The average Bonchev–Trinajstić information content (AvgIpc) is 2.57. The molecule has 1 unspecified atom stereocenters. The smallest absolute Gasteiger partial charge is 0.181 e. The van der Waals surface area contributed by atoms with Crippen molar-refractivity contribution >= 4 is 0 Å². The van der Waals surface area contributed by atoms with Crippen LogP contribution in [0.1, 0.15) is 24.2 Å². The van der Waals surface area contributed by atoms with E-state index >= 15 is 0 Å². The zero-order valence-electron chi connectivity index (χ0n) is 10.2. The highest BCUT2D eigenvalue weighted by molar-refractivity contribution is 4.99. The third-order valence-electron chi connectivity index (χ3n) is 3.30. The molecule has 0 spiro atoms. The lowest BCUT2D eigenvalue weighted by Gasteiger charge is -2.21. The van der Waals surface area contributed by atoms with Gasteiger partial charge in [-0.15, -0.1) is 0 Å². The second-order valence-electron chi connectivity index (χ2n) is 4.76. The van der Waals surface area contributed by atoms with Crippen LogP contribution in [0.15, 0.2) is 0 Å². The highest BCUT2D eigenvalue weighted by atomic mass is 16.5. The number of aromatic nitrogens is 3. The van der Waals surface area contributed by atoms with E-state index in [1.54, 1.807) is 0 Å². The highest BCUT2D eigenvalue weighted by Gasteiger charge is 2.23. The summed E-state index contributed by atoms with van der Waals surface area (Å²) in [6, 6.07) is 0. The zero-order valence-corrected chi connectivity index (χ0v) is 10.2. The summed E-state index contributed by atoms with van der Waals surface area (Å²) in [5.41, 5.74) is 0. The van der Waals surface area contributed by atoms with E-state index in [1.165, 1.54) is 0 Å². The zero-order chi connectivity index (χ0) is 11.7. The molecule has 0 aliphatic carbocycles.